The predicted molar refractivity (Wildman–Crippen MR) is 75.9 cm³/mol. The van der Waals surface area contributed by atoms with Crippen molar-refractivity contribution in [1.82, 2.24) is 5.32 Å². The van der Waals surface area contributed by atoms with Gasteiger partial charge in [-0.3, -0.25) is 0 Å². The van der Waals surface area contributed by atoms with Gasteiger partial charge in [0.2, 0.25) is 0 Å². The molecule has 1 aromatic carbocycles. The fourth-order valence-electron chi connectivity index (χ4n) is 1.96. The summed E-state index contributed by atoms with van der Waals surface area (Å²) < 4.78 is 5.81. The second-order valence-electron chi connectivity index (χ2n) is 4.16. The van der Waals surface area contributed by atoms with E-state index in [1.54, 1.807) is 12.1 Å². The summed E-state index contributed by atoms with van der Waals surface area (Å²) in [6.07, 6.45) is 0.934. The van der Waals surface area contributed by atoms with Gasteiger partial charge in [-0.15, -0.1) is 12.4 Å². The smallest absolute Gasteiger partial charge is 0.128 e. The molecule has 0 amide bonds. The number of hydrogen-bond acceptors (Lipinski definition) is 3. The van der Waals surface area contributed by atoms with Gasteiger partial charge in [-0.1, -0.05) is 29.3 Å². The van der Waals surface area contributed by atoms with Gasteiger partial charge in [0.05, 0.1) is 16.7 Å². The highest BCUT2D eigenvalue weighted by Gasteiger charge is 2.34. The van der Waals surface area contributed by atoms with Crippen LogP contribution in [0.4, 0.5) is 0 Å². The third kappa shape index (κ3) is 3.29. The molecule has 102 valence electrons. The average molecular weight is 313 g/mol. The zero-order valence-corrected chi connectivity index (χ0v) is 12.1. The van der Waals surface area contributed by atoms with Crippen molar-refractivity contribution in [2.45, 2.75) is 12.0 Å². The number of nitrogens with one attached hydrogen (secondary N) is 1. The van der Waals surface area contributed by atoms with Gasteiger partial charge in [0, 0.05) is 13.2 Å². The largest absolute Gasteiger partial charge is 0.393 e. The van der Waals surface area contributed by atoms with E-state index in [-0.39, 0.29) is 19.0 Å². The van der Waals surface area contributed by atoms with Crippen LogP contribution in [-0.2, 0) is 10.3 Å². The van der Waals surface area contributed by atoms with Gasteiger partial charge in [-0.25, -0.2) is 0 Å². The highest BCUT2D eigenvalue weighted by Crippen LogP contribution is 2.31. The van der Waals surface area contributed by atoms with Crippen molar-refractivity contribution >= 4 is 35.6 Å². The van der Waals surface area contributed by atoms with Gasteiger partial charge in [-0.2, -0.15) is 0 Å². The van der Waals surface area contributed by atoms with E-state index in [0.717, 1.165) is 18.5 Å². The molecule has 0 radical (unpaired) electrons. The Morgan fingerprint density at radius 1 is 1.33 bits per heavy atom. The van der Waals surface area contributed by atoms with Crippen LogP contribution < -0.4 is 5.32 Å². The van der Waals surface area contributed by atoms with Crippen molar-refractivity contribution in [3.8, 4) is 0 Å². The molecule has 1 aliphatic heterocycles. The van der Waals surface area contributed by atoms with Crippen molar-refractivity contribution in [1.29, 1.82) is 0 Å². The van der Waals surface area contributed by atoms with Crippen LogP contribution in [0.3, 0.4) is 0 Å². The Bertz CT molecular complexity index is 393. The zero-order chi connectivity index (χ0) is 12.3. The lowest BCUT2D eigenvalue weighted by Gasteiger charge is -2.31. The summed E-state index contributed by atoms with van der Waals surface area (Å²) in [5.41, 5.74) is 0.133. The number of ether oxygens (including phenoxy) is 1. The fraction of sp³-hybridized carbons (Fsp3) is 0.500. The van der Waals surface area contributed by atoms with Crippen LogP contribution in [0, 0.1) is 0 Å². The quantitative estimate of drug-likeness (QED) is 0.882. The number of aliphatic hydroxyl groups is 1. The van der Waals surface area contributed by atoms with E-state index >= 15 is 0 Å². The molecule has 6 heteroatoms. The molecule has 0 aliphatic carbocycles. The first kappa shape index (κ1) is 16.0. The minimum Gasteiger partial charge on any atom is -0.393 e. The summed E-state index contributed by atoms with van der Waals surface area (Å²) in [7, 11) is 0. The van der Waals surface area contributed by atoms with E-state index in [2.05, 4.69) is 5.32 Å². The lowest BCUT2D eigenvalue weighted by Crippen LogP contribution is -2.42. The highest BCUT2D eigenvalue weighted by molar-refractivity contribution is 6.42. The number of hydrogen-bond donors (Lipinski definition) is 2. The average Bonchev–Trinajstić information content (AvgIpc) is 2.59. The lowest BCUT2D eigenvalue weighted by atomic mass is 9.94. The minimum absolute atomic E-state index is 0. The van der Waals surface area contributed by atoms with Crippen molar-refractivity contribution in [3.05, 3.63) is 33.8 Å². The topological polar surface area (TPSA) is 41.5 Å². The first-order valence-corrected chi connectivity index (χ1v) is 6.35. The molecule has 1 atom stereocenters. The van der Waals surface area contributed by atoms with Crippen LogP contribution in [0.2, 0.25) is 10.0 Å². The van der Waals surface area contributed by atoms with Crippen LogP contribution in [0.25, 0.3) is 0 Å². The molecule has 0 spiro atoms. The molecule has 18 heavy (non-hydrogen) atoms. The Balaban J connectivity index is 0.00000162. The van der Waals surface area contributed by atoms with E-state index in [1.807, 2.05) is 6.07 Å². The van der Waals surface area contributed by atoms with Crippen LogP contribution >= 0.6 is 35.6 Å². The van der Waals surface area contributed by atoms with Gasteiger partial charge in [0.25, 0.3) is 0 Å². The molecule has 3 nitrogen and oxygen atoms in total. The Hall–Kier alpha value is -0.0300. The first-order chi connectivity index (χ1) is 8.18. The Morgan fingerprint density at radius 3 is 2.78 bits per heavy atom. The van der Waals surface area contributed by atoms with Crippen molar-refractivity contribution < 1.29 is 9.84 Å². The lowest BCUT2D eigenvalue weighted by molar-refractivity contribution is -0.0742. The summed E-state index contributed by atoms with van der Waals surface area (Å²) in [4.78, 5) is 0. The molecule has 1 aromatic rings. The summed E-state index contributed by atoms with van der Waals surface area (Å²) in [5.74, 6) is 0. The maximum absolute atomic E-state index is 9.64. The molecule has 0 aromatic heterocycles. The SMILES string of the molecule is Cl.OCC1(c2ccc(Cl)c(Cl)c2)CNCCCO1. The standard InChI is InChI=1S/C12H15Cl2NO2.ClH/c13-10-3-2-9(6-11(10)14)12(8-16)7-15-4-1-5-17-12;/h2-3,6,15-16H,1,4-5,7-8H2;1H. The Labute approximate surface area is 123 Å². The van der Waals surface area contributed by atoms with Gasteiger partial charge in [0.1, 0.15) is 5.60 Å². The molecule has 2 N–H and O–H groups in total. The van der Waals surface area contributed by atoms with E-state index in [4.69, 9.17) is 27.9 Å². The third-order valence-corrected chi connectivity index (χ3v) is 3.73. The minimum atomic E-state index is -0.718. The van der Waals surface area contributed by atoms with E-state index in [9.17, 15) is 5.11 Å². The van der Waals surface area contributed by atoms with Crippen LogP contribution in [-0.4, -0.2) is 31.4 Å². The molecule has 1 unspecified atom stereocenters. The first-order valence-electron chi connectivity index (χ1n) is 5.59. The molecule has 1 fully saturated rings. The zero-order valence-electron chi connectivity index (χ0n) is 9.79. The van der Waals surface area contributed by atoms with E-state index in [1.165, 1.54) is 0 Å². The van der Waals surface area contributed by atoms with E-state index in [0.29, 0.717) is 23.2 Å². The molecular weight excluding hydrogens is 296 g/mol. The van der Waals surface area contributed by atoms with Crippen molar-refractivity contribution in [2.75, 3.05) is 26.3 Å². The molecule has 2 rings (SSSR count). The number of benzene rings is 1. The van der Waals surface area contributed by atoms with Gasteiger partial charge < -0.3 is 15.2 Å². The highest BCUT2D eigenvalue weighted by atomic mass is 35.5. The van der Waals surface area contributed by atoms with Crippen LogP contribution in [0.1, 0.15) is 12.0 Å². The normalized spacial score (nSPS) is 24.2. The number of aliphatic hydroxyl groups excluding tert-OH is 1. The Morgan fingerprint density at radius 2 is 2.11 bits per heavy atom. The molecule has 1 aliphatic rings. The van der Waals surface area contributed by atoms with Gasteiger partial charge in [-0.05, 0) is 30.7 Å². The van der Waals surface area contributed by atoms with Gasteiger partial charge >= 0.3 is 0 Å². The fourth-order valence-corrected chi connectivity index (χ4v) is 2.26. The maximum atomic E-state index is 9.64. The molecular formula is C12H16Cl3NO2. The van der Waals surface area contributed by atoms with E-state index < -0.39 is 5.60 Å². The van der Waals surface area contributed by atoms with Crippen LogP contribution in [0.5, 0.6) is 0 Å². The van der Waals surface area contributed by atoms with Crippen molar-refractivity contribution in [3.63, 3.8) is 0 Å². The second-order valence-corrected chi connectivity index (χ2v) is 4.97. The van der Waals surface area contributed by atoms with Crippen LogP contribution in [0.15, 0.2) is 18.2 Å². The van der Waals surface area contributed by atoms with Gasteiger partial charge in [0.15, 0.2) is 0 Å². The third-order valence-electron chi connectivity index (χ3n) is 2.99. The summed E-state index contributed by atoms with van der Waals surface area (Å²) in [5, 5.41) is 13.9. The Kier molecular flexibility index (Phi) is 6.18. The predicted octanol–water partition coefficient (Wildman–Crippen LogP) is 2.61. The summed E-state index contributed by atoms with van der Waals surface area (Å²) in [6.45, 7) is 2.00. The molecule has 1 heterocycles. The molecule has 0 saturated carbocycles. The second kappa shape index (κ2) is 6.94. The molecule has 0 bridgehead atoms. The summed E-state index contributed by atoms with van der Waals surface area (Å²) in [6, 6.07) is 5.33. The van der Waals surface area contributed by atoms with Crippen molar-refractivity contribution in [2.24, 2.45) is 0 Å². The number of rotatable bonds is 2. The number of halogens is 3. The summed E-state index contributed by atoms with van der Waals surface area (Å²) >= 11 is 11.9. The maximum Gasteiger partial charge on any atom is 0.128 e. The molecule has 1 saturated heterocycles. The monoisotopic (exact) mass is 311 g/mol.